The Kier molecular flexibility index (Phi) is 3.04. The lowest BCUT2D eigenvalue weighted by Gasteiger charge is -2.35. The first-order chi connectivity index (χ1) is 9.61. The van der Waals surface area contributed by atoms with Gasteiger partial charge in [0, 0.05) is 11.6 Å². The lowest BCUT2D eigenvalue weighted by Crippen LogP contribution is -2.54. The number of benzene rings is 1. The SMILES string of the molecule is COC(=O)[C@]12CC[C@H](C[C@H]1C)N2C(=O)c1ccccc1. The molecule has 0 N–H and O–H groups in total. The van der Waals surface area contributed by atoms with Crippen molar-refractivity contribution in [1.82, 2.24) is 4.90 Å². The minimum atomic E-state index is -0.758. The maximum atomic E-state index is 12.8. The van der Waals surface area contributed by atoms with Gasteiger partial charge < -0.3 is 9.64 Å². The van der Waals surface area contributed by atoms with Crippen LogP contribution in [0.3, 0.4) is 0 Å². The normalized spacial score (nSPS) is 31.4. The fourth-order valence-corrected chi connectivity index (χ4v) is 3.92. The largest absolute Gasteiger partial charge is 0.467 e. The summed E-state index contributed by atoms with van der Waals surface area (Å²) in [5, 5.41) is 0. The average Bonchev–Trinajstić information content (AvgIpc) is 2.99. The standard InChI is InChI=1S/C16H19NO3/c1-11-10-13-8-9-16(11,15(19)20-2)17(13)14(18)12-6-4-3-5-7-12/h3-7,11,13H,8-10H2,1-2H3/t11-,13-,16+/m1/s1. The average molecular weight is 273 g/mol. The minimum absolute atomic E-state index is 0.0529. The van der Waals surface area contributed by atoms with Gasteiger partial charge in [-0.15, -0.1) is 0 Å². The molecule has 2 bridgehead atoms. The van der Waals surface area contributed by atoms with E-state index < -0.39 is 5.54 Å². The second-order valence-electron chi connectivity index (χ2n) is 5.79. The monoisotopic (exact) mass is 273 g/mol. The van der Waals surface area contributed by atoms with Crippen molar-refractivity contribution < 1.29 is 14.3 Å². The highest BCUT2D eigenvalue weighted by Gasteiger charge is 2.63. The van der Waals surface area contributed by atoms with E-state index in [2.05, 4.69) is 0 Å². The summed E-state index contributed by atoms with van der Waals surface area (Å²) in [6, 6.07) is 9.34. The number of hydrogen-bond acceptors (Lipinski definition) is 3. The zero-order valence-electron chi connectivity index (χ0n) is 11.8. The number of hydrogen-bond donors (Lipinski definition) is 0. The molecular weight excluding hydrogens is 254 g/mol. The molecule has 1 aromatic rings. The Labute approximate surface area is 118 Å². The summed E-state index contributed by atoms with van der Waals surface area (Å²) in [6.45, 7) is 2.04. The van der Waals surface area contributed by atoms with Crippen molar-refractivity contribution in [2.75, 3.05) is 7.11 Å². The summed E-state index contributed by atoms with van der Waals surface area (Å²) in [7, 11) is 1.40. The van der Waals surface area contributed by atoms with Crippen molar-refractivity contribution in [2.45, 2.75) is 37.8 Å². The van der Waals surface area contributed by atoms with Crippen LogP contribution in [0, 0.1) is 5.92 Å². The predicted octanol–water partition coefficient (Wildman–Crippen LogP) is 2.24. The van der Waals surface area contributed by atoms with Crippen molar-refractivity contribution in [2.24, 2.45) is 5.92 Å². The Morgan fingerprint density at radius 2 is 2.00 bits per heavy atom. The molecule has 2 saturated heterocycles. The van der Waals surface area contributed by atoms with Crippen LogP contribution in [0.25, 0.3) is 0 Å². The molecule has 106 valence electrons. The van der Waals surface area contributed by atoms with E-state index in [1.807, 2.05) is 25.1 Å². The first-order valence-electron chi connectivity index (χ1n) is 7.08. The van der Waals surface area contributed by atoms with Crippen LogP contribution in [0.1, 0.15) is 36.5 Å². The van der Waals surface area contributed by atoms with Crippen LogP contribution in [0.5, 0.6) is 0 Å². The van der Waals surface area contributed by atoms with E-state index in [0.717, 1.165) is 12.8 Å². The third-order valence-corrected chi connectivity index (χ3v) is 4.87. The van der Waals surface area contributed by atoms with Crippen LogP contribution in [0.2, 0.25) is 0 Å². The molecule has 1 amide bonds. The summed E-state index contributed by atoms with van der Waals surface area (Å²) in [5.41, 5.74) is -0.117. The van der Waals surface area contributed by atoms with Crippen LogP contribution in [-0.2, 0) is 9.53 Å². The summed E-state index contributed by atoms with van der Waals surface area (Å²) in [4.78, 5) is 26.9. The molecule has 4 heteroatoms. The third kappa shape index (κ3) is 1.60. The topological polar surface area (TPSA) is 46.6 Å². The van der Waals surface area contributed by atoms with Crippen molar-refractivity contribution >= 4 is 11.9 Å². The Bertz CT molecular complexity index is 542. The number of amides is 1. The van der Waals surface area contributed by atoms with Gasteiger partial charge >= 0.3 is 5.97 Å². The van der Waals surface area contributed by atoms with Gasteiger partial charge in [-0.2, -0.15) is 0 Å². The molecule has 0 unspecified atom stereocenters. The molecule has 2 heterocycles. The van der Waals surface area contributed by atoms with Gasteiger partial charge in [0.25, 0.3) is 5.91 Å². The van der Waals surface area contributed by atoms with Gasteiger partial charge in [-0.3, -0.25) is 4.79 Å². The summed E-state index contributed by atoms with van der Waals surface area (Å²) in [5.74, 6) is -0.168. The Hall–Kier alpha value is -1.84. The van der Waals surface area contributed by atoms with E-state index in [9.17, 15) is 9.59 Å². The van der Waals surface area contributed by atoms with Crippen LogP contribution in [0.4, 0.5) is 0 Å². The zero-order valence-corrected chi connectivity index (χ0v) is 11.8. The fourth-order valence-electron chi connectivity index (χ4n) is 3.92. The predicted molar refractivity (Wildman–Crippen MR) is 74.2 cm³/mol. The molecular formula is C16H19NO3. The highest BCUT2D eigenvalue weighted by molar-refractivity contribution is 5.99. The minimum Gasteiger partial charge on any atom is -0.467 e. The number of rotatable bonds is 2. The van der Waals surface area contributed by atoms with Crippen molar-refractivity contribution in [1.29, 1.82) is 0 Å². The molecule has 2 aliphatic rings. The molecule has 0 saturated carbocycles. The fraction of sp³-hybridized carbons (Fsp3) is 0.500. The van der Waals surface area contributed by atoms with Gasteiger partial charge in [0.2, 0.25) is 0 Å². The Balaban J connectivity index is 2.00. The van der Waals surface area contributed by atoms with Gasteiger partial charge in [0.05, 0.1) is 7.11 Å². The number of fused-ring (bicyclic) bond motifs is 2. The third-order valence-electron chi connectivity index (χ3n) is 4.87. The highest BCUT2D eigenvalue weighted by Crippen LogP contribution is 2.51. The van der Waals surface area contributed by atoms with Crippen LogP contribution in [-0.4, -0.2) is 35.5 Å². The second kappa shape index (κ2) is 4.62. The summed E-state index contributed by atoms with van der Waals surface area (Å²) in [6.07, 6.45) is 2.48. The second-order valence-corrected chi connectivity index (χ2v) is 5.79. The Morgan fingerprint density at radius 3 is 2.60 bits per heavy atom. The zero-order chi connectivity index (χ0) is 14.3. The first-order valence-corrected chi connectivity index (χ1v) is 7.08. The van der Waals surface area contributed by atoms with E-state index >= 15 is 0 Å². The quantitative estimate of drug-likeness (QED) is 0.776. The maximum Gasteiger partial charge on any atom is 0.332 e. The number of carbonyl (C=O) groups excluding carboxylic acids is 2. The number of nitrogens with zero attached hydrogens (tertiary/aromatic N) is 1. The molecule has 3 rings (SSSR count). The van der Waals surface area contributed by atoms with Gasteiger partial charge in [0.1, 0.15) is 5.54 Å². The van der Waals surface area contributed by atoms with Crippen molar-refractivity contribution in [3.63, 3.8) is 0 Å². The van der Waals surface area contributed by atoms with Crippen LogP contribution >= 0.6 is 0 Å². The van der Waals surface area contributed by atoms with Crippen LogP contribution in [0.15, 0.2) is 30.3 Å². The molecule has 3 atom stereocenters. The summed E-state index contributed by atoms with van der Waals surface area (Å²) < 4.78 is 5.01. The molecule has 0 spiro atoms. The first kappa shape index (κ1) is 13.2. The van der Waals surface area contributed by atoms with E-state index in [4.69, 9.17) is 4.74 Å². The van der Waals surface area contributed by atoms with Crippen molar-refractivity contribution in [3.8, 4) is 0 Å². The number of methoxy groups -OCH3 is 1. The molecule has 0 aliphatic carbocycles. The molecule has 4 nitrogen and oxygen atoms in total. The van der Waals surface area contributed by atoms with E-state index in [0.29, 0.717) is 12.0 Å². The number of esters is 1. The van der Waals surface area contributed by atoms with Crippen molar-refractivity contribution in [3.05, 3.63) is 35.9 Å². The molecule has 0 aromatic heterocycles. The lowest BCUT2D eigenvalue weighted by molar-refractivity contribution is -0.153. The van der Waals surface area contributed by atoms with E-state index in [1.165, 1.54) is 7.11 Å². The van der Waals surface area contributed by atoms with Crippen LogP contribution < -0.4 is 0 Å². The molecule has 20 heavy (non-hydrogen) atoms. The molecule has 1 aromatic carbocycles. The van der Waals surface area contributed by atoms with Gasteiger partial charge in [-0.1, -0.05) is 25.1 Å². The summed E-state index contributed by atoms with van der Waals surface area (Å²) >= 11 is 0. The molecule has 2 fully saturated rings. The van der Waals surface area contributed by atoms with Gasteiger partial charge in [0.15, 0.2) is 0 Å². The smallest absolute Gasteiger partial charge is 0.332 e. The molecule has 0 radical (unpaired) electrons. The molecule has 2 aliphatic heterocycles. The van der Waals surface area contributed by atoms with Gasteiger partial charge in [-0.25, -0.2) is 4.79 Å². The lowest BCUT2D eigenvalue weighted by atomic mass is 9.79. The van der Waals surface area contributed by atoms with E-state index in [-0.39, 0.29) is 23.8 Å². The maximum absolute atomic E-state index is 12.8. The highest BCUT2D eigenvalue weighted by atomic mass is 16.5. The number of carbonyl (C=O) groups is 2. The van der Waals surface area contributed by atoms with Gasteiger partial charge in [-0.05, 0) is 37.3 Å². The Morgan fingerprint density at radius 1 is 1.30 bits per heavy atom. The number of ether oxygens (including phenoxy) is 1. The van der Waals surface area contributed by atoms with E-state index in [1.54, 1.807) is 17.0 Å².